The summed E-state index contributed by atoms with van der Waals surface area (Å²) in [5.41, 5.74) is 2.70. The Morgan fingerprint density at radius 3 is 2.10 bits per heavy atom. The lowest BCUT2D eigenvalue weighted by Gasteiger charge is -2.36. The molecule has 0 aromatic heterocycles. The van der Waals surface area contributed by atoms with Gasteiger partial charge in [0, 0.05) is 30.6 Å². The van der Waals surface area contributed by atoms with Gasteiger partial charge in [-0.25, -0.2) is 0 Å². The van der Waals surface area contributed by atoms with Crippen LogP contribution in [0.3, 0.4) is 0 Å². The molecule has 0 aliphatic heterocycles. The smallest absolute Gasteiger partial charge is 0.160 e. The number of hydrogen-bond acceptors (Lipinski definition) is 6. The van der Waals surface area contributed by atoms with Crippen molar-refractivity contribution in [3.8, 4) is 23.0 Å². The van der Waals surface area contributed by atoms with Gasteiger partial charge in [0.2, 0.25) is 0 Å². The molecule has 6 heteroatoms. The van der Waals surface area contributed by atoms with Crippen molar-refractivity contribution in [2.24, 2.45) is 0 Å². The molecule has 0 saturated heterocycles. The molecule has 6 nitrogen and oxygen atoms in total. The van der Waals surface area contributed by atoms with Gasteiger partial charge in [-0.2, -0.15) is 0 Å². The summed E-state index contributed by atoms with van der Waals surface area (Å²) in [7, 11) is 8.77. The topological polar surface area (TPSA) is 60.4 Å². The van der Waals surface area contributed by atoms with E-state index in [9.17, 15) is 5.11 Å². The maximum atomic E-state index is 11.3. The number of aliphatic hydroxyl groups is 1. The zero-order valence-electron chi connectivity index (χ0n) is 19.4. The molecule has 0 spiro atoms. The first-order chi connectivity index (χ1) is 14.9. The average Bonchev–Trinajstić information content (AvgIpc) is 2.80. The minimum atomic E-state index is -0.732. The molecule has 1 atom stereocenters. The Morgan fingerprint density at radius 2 is 1.45 bits per heavy atom. The number of likely N-dealkylation sites (N-methyl/N-ethyl adjacent to an activating group) is 1. The van der Waals surface area contributed by atoms with E-state index in [1.807, 2.05) is 24.3 Å². The van der Waals surface area contributed by atoms with Crippen molar-refractivity contribution in [2.75, 3.05) is 48.6 Å². The molecule has 31 heavy (non-hydrogen) atoms. The van der Waals surface area contributed by atoms with Crippen LogP contribution in [0, 0.1) is 0 Å². The molecular weight excluding hydrogens is 394 g/mol. The third kappa shape index (κ3) is 5.43. The number of hydrogen-bond donors (Lipinski definition) is 1. The highest BCUT2D eigenvalue weighted by atomic mass is 16.5. The summed E-state index contributed by atoms with van der Waals surface area (Å²) in [5, 5.41) is 11.3. The molecule has 1 unspecified atom stereocenters. The van der Waals surface area contributed by atoms with Crippen LogP contribution in [0.25, 0.3) is 0 Å². The number of nitrogens with zero attached hydrogens (tertiary/aromatic N) is 1. The van der Waals surface area contributed by atoms with Crippen LogP contribution in [0.4, 0.5) is 0 Å². The molecular formula is C25H35NO5. The first kappa shape index (κ1) is 23.2. The lowest BCUT2D eigenvalue weighted by molar-refractivity contribution is 0.00979. The van der Waals surface area contributed by atoms with E-state index in [0.29, 0.717) is 6.42 Å². The van der Waals surface area contributed by atoms with Crippen LogP contribution in [-0.4, -0.2) is 64.2 Å². The van der Waals surface area contributed by atoms with Gasteiger partial charge in [-0.15, -0.1) is 0 Å². The fraction of sp³-hybridized carbons (Fsp3) is 0.520. The highest BCUT2D eigenvalue weighted by molar-refractivity contribution is 5.51. The zero-order chi connectivity index (χ0) is 22.4. The van der Waals surface area contributed by atoms with E-state index >= 15 is 0 Å². The second-order valence-electron chi connectivity index (χ2n) is 8.32. The van der Waals surface area contributed by atoms with Gasteiger partial charge < -0.3 is 29.0 Å². The molecule has 0 amide bonds. The van der Waals surface area contributed by atoms with E-state index in [2.05, 4.69) is 18.0 Å². The van der Waals surface area contributed by atoms with Crippen molar-refractivity contribution in [2.45, 2.75) is 37.7 Å². The van der Waals surface area contributed by atoms with Crippen molar-refractivity contribution in [3.63, 3.8) is 0 Å². The summed E-state index contributed by atoms with van der Waals surface area (Å²) in [6.07, 6.45) is 3.74. The van der Waals surface area contributed by atoms with Gasteiger partial charge in [-0.1, -0.05) is 6.07 Å². The largest absolute Gasteiger partial charge is 0.496 e. The predicted octanol–water partition coefficient (Wildman–Crippen LogP) is 3.51. The van der Waals surface area contributed by atoms with Crippen LogP contribution in [-0.2, 0) is 19.3 Å². The van der Waals surface area contributed by atoms with Gasteiger partial charge in [-0.05, 0) is 62.6 Å². The summed E-state index contributed by atoms with van der Waals surface area (Å²) in [6, 6.07) is 9.92. The normalized spacial score (nSPS) is 17.9. The molecule has 1 aliphatic carbocycles. The Kier molecular flexibility index (Phi) is 7.68. The minimum absolute atomic E-state index is 0.590. The number of fused-ring (bicyclic) bond motifs is 1. The van der Waals surface area contributed by atoms with Crippen molar-refractivity contribution in [3.05, 3.63) is 47.0 Å². The SMILES string of the molecule is COc1ccc(CCN(C)CCC2(O)CCc3c(OC)ccc(OC)c3C2)cc1OC. The molecule has 0 bridgehead atoms. The summed E-state index contributed by atoms with van der Waals surface area (Å²) in [5.74, 6) is 3.20. The number of rotatable bonds is 10. The number of methoxy groups -OCH3 is 4. The first-order valence-corrected chi connectivity index (χ1v) is 10.8. The molecule has 0 radical (unpaired) electrons. The summed E-state index contributed by atoms with van der Waals surface area (Å²) >= 11 is 0. The average molecular weight is 430 g/mol. The van der Waals surface area contributed by atoms with Gasteiger partial charge in [0.25, 0.3) is 0 Å². The Hall–Kier alpha value is -2.44. The minimum Gasteiger partial charge on any atom is -0.496 e. The fourth-order valence-electron chi connectivity index (χ4n) is 4.36. The molecule has 0 heterocycles. The molecule has 1 aliphatic rings. The summed E-state index contributed by atoms with van der Waals surface area (Å²) in [6.45, 7) is 1.73. The third-order valence-electron chi connectivity index (χ3n) is 6.32. The van der Waals surface area contributed by atoms with Crippen molar-refractivity contribution in [1.29, 1.82) is 0 Å². The van der Waals surface area contributed by atoms with E-state index in [1.165, 1.54) is 5.56 Å². The van der Waals surface area contributed by atoms with E-state index in [-0.39, 0.29) is 0 Å². The third-order valence-corrected chi connectivity index (χ3v) is 6.32. The second kappa shape index (κ2) is 10.2. The monoisotopic (exact) mass is 429 g/mol. The van der Waals surface area contributed by atoms with Crippen LogP contribution in [0.1, 0.15) is 29.5 Å². The summed E-state index contributed by atoms with van der Waals surface area (Å²) in [4.78, 5) is 2.27. The molecule has 170 valence electrons. The second-order valence-corrected chi connectivity index (χ2v) is 8.32. The van der Waals surface area contributed by atoms with E-state index in [0.717, 1.165) is 72.9 Å². The maximum absolute atomic E-state index is 11.3. The molecule has 2 aromatic carbocycles. The molecule has 1 N–H and O–H groups in total. The number of benzene rings is 2. The maximum Gasteiger partial charge on any atom is 0.160 e. The highest BCUT2D eigenvalue weighted by Crippen LogP contribution is 2.40. The predicted molar refractivity (Wildman–Crippen MR) is 122 cm³/mol. The lowest BCUT2D eigenvalue weighted by Crippen LogP contribution is -2.39. The van der Waals surface area contributed by atoms with Crippen molar-refractivity contribution >= 4 is 0 Å². The van der Waals surface area contributed by atoms with Gasteiger partial charge >= 0.3 is 0 Å². The quantitative estimate of drug-likeness (QED) is 0.624. The number of ether oxygens (including phenoxy) is 4. The molecule has 3 rings (SSSR count). The van der Waals surface area contributed by atoms with Gasteiger partial charge in [0.05, 0.1) is 34.0 Å². The Bertz CT molecular complexity index is 884. The first-order valence-electron chi connectivity index (χ1n) is 10.8. The van der Waals surface area contributed by atoms with Crippen molar-refractivity contribution in [1.82, 2.24) is 4.90 Å². The molecule has 2 aromatic rings. The molecule has 0 fully saturated rings. The van der Waals surface area contributed by atoms with Crippen LogP contribution in [0.2, 0.25) is 0 Å². The van der Waals surface area contributed by atoms with Crippen LogP contribution in [0.5, 0.6) is 23.0 Å². The van der Waals surface area contributed by atoms with E-state index in [4.69, 9.17) is 18.9 Å². The zero-order valence-corrected chi connectivity index (χ0v) is 19.4. The van der Waals surface area contributed by atoms with Gasteiger partial charge in [0.1, 0.15) is 11.5 Å². The van der Waals surface area contributed by atoms with Gasteiger partial charge in [-0.3, -0.25) is 0 Å². The Balaban J connectivity index is 1.58. The van der Waals surface area contributed by atoms with E-state index in [1.54, 1.807) is 28.4 Å². The van der Waals surface area contributed by atoms with Crippen LogP contribution < -0.4 is 18.9 Å². The van der Waals surface area contributed by atoms with Crippen LogP contribution >= 0.6 is 0 Å². The molecule has 0 saturated carbocycles. The Labute approximate surface area is 185 Å². The lowest BCUT2D eigenvalue weighted by atomic mass is 9.78. The summed E-state index contributed by atoms with van der Waals surface area (Å²) < 4.78 is 21.8. The van der Waals surface area contributed by atoms with E-state index < -0.39 is 5.60 Å². The Morgan fingerprint density at radius 1 is 0.839 bits per heavy atom. The standard InChI is InChI=1S/C25H35NO5/c1-26(14-11-18-6-7-23(30-4)24(16-18)31-5)15-13-25(27)12-10-19-20(17-25)22(29-3)9-8-21(19)28-2/h6-9,16,27H,10-15,17H2,1-5H3. The van der Waals surface area contributed by atoms with Crippen LogP contribution in [0.15, 0.2) is 30.3 Å². The van der Waals surface area contributed by atoms with Gasteiger partial charge in [0.15, 0.2) is 11.5 Å². The van der Waals surface area contributed by atoms with Crippen molar-refractivity contribution < 1.29 is 24.1 Å². The fourth-order valence-corrected chi connectivity index (χ4v) is 4.36. The highest BCUT2D eigenvalue weighted by Gasteiger charge is 2.35.